The summed E-state index contributed by atoms with van der Waals surface area (Å²) >= 11 is 0. The van der Waals surface area contributed by atoms with Crippen LogP contribution in [0, 0.1) is 12.7 Å². The van der Waals surface area contributed by atoms with Crippen LogP contribution in [-0.2, 0) is 4.79 Å². The maximum absolute atomic E-state index is 14.5. The summed E-state index contributed by atoms with van der Waals surface area (Å²) in [5, 5.41) is 10.5. The van der Waals surface area contributed by atoms with Crippen LogP contribution in [-0.4, -0.2) is 62.5 Å². The number of fused-ring (bicyclic) bond motifs is 1. The van der Waals surface area contributed by atoms with Crippen LogP contribution in [0.25, 0.3) is 16.6 Å². The van der Waals surface area contributed by atoms with E-state index < -0.39 is 23.0 Å². The number of amides is 2. The average Bonchev–Trinajstić information content (AvgIpc) is 2.80. The lowest BCUT2D eigenvalue weighted by atomic mass is 10.1. The number of nitrogens with zero attached hydrogens (tertiary/aromatic N) is 5. The van der Waals surface area contributed by atoms with Crippen LogP contribution in [0.1, 0.15) is 16.3 Å². The van der Waals surface area contributed by atoms with E-state index >= 15 is 0 Å². The number of nitrogens with two attached hydrogens (primary N) is 1. The number of aromatic nitrogens is 3. The summed E-state index contributed by atoms with van der Waals surface area (Å²) in [6, 6.07) is 5.29. The number of hydrogen-bond donors (Lipinski definition) is 2. The number of carbonyl (C=O) groups excluding carboxylic acids is 2. The number of hydrogen-bond acceptors (Lipinski definition) is 7. The van der Waals surface area contributed by atoms with Gasteiger partial charge < -0.3 is 20.6 Å². The third-order valence-corrected chi connectivity index (χ3v) is 5.51. The van der Waals surface area contributed by atoms with Crippen molar-refractivity contribution >= 4 is 28.5 Å². The quantitative estimate of drug-likeness (QED) is 0.561. The van der Waals surface area contributed by atoms with Crippen molar-refractivity contribution in [2.24, 2.45) is 5.73 Å². The number of rotatable bonds is 4. The van der Waals surface area contributed by atoms with E-state index in [4.69, 9.17) is 5.73 Å². The van der Waals surface area contributed by atoms with E-state index in [1.165, 1.54) is 18.2 Å². The number of phenolic OH excluding ortho intramolecular Hbond substituents is 1. The van der Waals surface area contributed by atoms with Crippen molar-refractivity contribution in [3.63, 3.8) is 0 Å². The monoisotopic (exact) mass is 452 g/mol. The van der Waals surface area contributed by atoms with Crippen LogP contribution >= 0.6 is 0 Å². The molecule has 1 aromatic carbocycles. The molecule has 0 saturated carbocycles. The summed E-state index contributed by atoms with van der Waals surface area (Å²) in [6.45, 7) is 6.63. The maximum atomic E-state index is 14.5. The summed E-state index contributed by atoms with van der Waals surface area (Å²) in [5.74, 6) is -2.40. The predicted octanol–water partition coefficient (Wildman–Crippen LogP) is 0.867. The van der Waals surface area contributed by atoms with Crippen molar-refractivity contribution in [3.8, 4) is 11.4 Å². The Hall–Kier alpha value is -4.28. The number of carbonyl (C=O) groups is 2. The number of para-hydroxylation sites is 1. The van der Waals surface area contributed by atoms with Crippen molar-refractivity contribution in [2.45, 2.75) is 6.92 Å². The molecule has 0 radical (unpaired) electrons. The Morgan fingerprint density at radius 1 is 1.21 bits per heavy atom. The standard InChI is InChI=1S/C22H21FN6O4/c1-3-16(31)27-7-9-28(10-8-27)21-13-11-12(2)29(18-14(23)5-4-6-15(18)30)22(33)17(13)25-20(26-21)19(24)32/h3-6,11,30H,1,7-10H2,2H3,(H2,24,32). The van der Waals surface area contributed by atoms with Crippen molar-refractivity contribution < 1.29 is 19.1 Å². The Morgan fingerprint density at radius 3 is 2.52 bits per heavy atom. The molecule has 0 unspecified atom stereocenters. The van der Waals surface area contributed by atoms with Gasteiger partial charge in [0.15, 0.2) is 5.82 Å². The Labute approximate surface area is 187 Å². The van der Waals surface area contributed by atoms with Gasteiger partial charge in [-0.15, -0.1) is 0 Å². The Bertz CT molecular complexity index is 1340. The number of phenols is 1. The first kappa shape index (κ1) is 21.9. The number of aryl methyl sites for hydroxylation is 1. The molecule has 1 aliphatic heterocycles. The van der Waals surface area contributed by atoms with Crippen molar-refractivity contribution in [1.29, 1.82) is 0 Å². The second-order valence-corrected chi connectivity index (χ2v) is 7.55. The smallest absolute Gasteiger partial charge is 0.286 e. The van der Waals surface area contributed by atoms with Gasteiger partial charge in [0.05, 0.1) is 5.39 Å². The van der Waals surface area contributed by atoms with Gasteiger partial charge in [0.1, 0.15) is 22.8 Å². The fraction of sp³-hybridized carbons (Fsp3) is 0.227. The molecule has 4 rings (SSSR count). The topological polar surface area (TPSA) is 135 Å². The molecule has 1 aliphatic rings. The molecular formula is C22H21FN6O4. The Kier molecular flexibility index (Phi) is 5.54. The molecule has 11 heteroatoms. The van der Waals surface area contributed by atoms with E-state index in [0.29, 0.717) is 43.1 Å². The summed E-state index contributed by atoms with van der Waals surface area (Å²) in [6.07, 6.45) is 1.24. The van der Waals surface area contributed by atoms with E-state index in [0.717, 1.165) is 10.6 Å². The van der Waals surface area contributed by atoms with E-state index in [9.17, 15) is 23.9 Å². The lowest BCUT2D eigenvalue weighted by molar-refractivity contribution is -0.126. The average molecular weight is 452 g/mol. The molecule has 10 nitrogen and oxygen atoms in total. The van der Waals surface area contributed by atoms with Crippen LogP contribution in [0.4, 0.5) is 10.2 Å². The SMILES string of the molecule is C=CC(=O)N1CCN(c2nc(C(N)=O)nc3c(=O)n(-c4c(O)cccc4F)c(C)cc23)CC1. The van der Waals surface area contributed by atoms with Gasteiger partial charge >= 0.3 is 0 Å². The highest BCUT2D eigenvalue weighted by Gasteiger charge is 2.26. The van der Waals surface area contributed by atoms with E-state index in [1.807, 2.05) is 4.90 Å². The number of aromatic hydroxyl groups is 1. The van der Waals surface area contributed by atoms with Crippen molar-refractivity contribution in [2.75, 3.05) is 31.1 Å². The van der Waals surface area contributed by atoms with Crippen molar-refractivity contribution in [3.05, 3.63) is 64.6 Å². The molecule has 0 atom stereocenters. The number of piperazine rings is 1. The molecule has 1 fully saturated rings. The van der Waals surface area contributed by atoms with Gasteiger partial charge in [-0.2, -0.15) is 0 Å². The second kappa shape index (κ2) is 8.34. The van der Waals surface area contributed by atoms with Gasteiger partial charge in [0, 0.05) is 31.9 Å². The van der Waals surface area contributed by atoms with Gasteiger partial charge in [-0.25, -0.2) is 14.4 Å². The van der Waals surface area contributed by atoms with Crippen LogP contribution in [0.2, 0.25) is 0 Å². The van der Waals surface area contributed by atoms with Gasteiger partial charge in [-0.1, -0.05) is 12.6 Å². The van der Waals surface area contributed by atoms with E-state index in [1.54, 1.807) is 17.9 Å². The first-order chi connectivity index (χ1) is 15.7. The lowest BCUT2D eigenvalue weighted by Gasteiger charge is -2.35. The number of pyridine rings is 1. The summed E-state index contributed by atoms with van der Waals surface area (Å²) in [4.78, 5) is 49.0. The largest absolute Gasteiger partial charge is 0.506 e. The van der Waals surface area contributed by atoms with Crippen LogP contribution < -0.4 is 16.2 Å². The number of benzene rings is 1. The number of primary amides is 1. The molecule has 0 bridgehead atoms. The number of anilines is 1. The fourth-order valence-electron chi connectivity index (χ4n) is 3.92. The summed E-state index contributed by atoms with van der Waals surface area (Å²) in [7, 11) is 0. The number of halogens is 1. The highest BCUT2D eigenvalue weighted by Crippen LogP contribution is 2.28. The first-order valence-corrected chi connectivity index (χ1v) is 10.1. The molecule has 2 aromatic heterocycles. The highest BCUT2D eigenvalue weighted by atomic mass is 19.1. The molecule has 1 saturated heterocycles. The molecule has 170 valence electrons. The third-order valence-electron chi connectivity index (χ3n) is 5.51. The highest BCUT2D eigenvalue weighted by molar-refractivity contribution is 5.96. The molecule has 2 amide bonds. The zero-order chi connectivity index (χ0) is 23.9. The minimum Gasteiger partial charge on any atom is -0.506 e. The Morgan fingerprint density at radius 2 is 1.91 bits per heavy atom. The zero-order valence-corrected chi connectivity index (χ0v) is 17.8. The molecular weight excluding hydrogens is 431 g/mol. The van der Waals surface area contributed by atoms with Gasteiger partial charge in [-0.05, 0) is 31.2 Å². The molecule has 3 N–H and O–H groups in total. The van der Waals surface area contributed by atoms with E-state index in [-0.39, 0.29) is 22.9 Å². The van der Waals surface area contributed by atoms with Crippen LogP contribution in [0.15, 0.2) is 41.7 Å². The Balaban J connectivity index is 1.91. The van der Waals surface area contributed by atoms with Gasteiger partial charge in [0.25, 0.3) is 11.5 Å². The molecule has 3 aromatic rings. The second-order valence-electron chi connectivity index (χ2n) is 7.55. The van der Waals surface area contributed by atoms with Crippen LogP contribution in [0.3, 0.4) is 0 Å². The fourth-order valence-corrected chi connectivity index (χ4v) is 3.92. The molecule has 0 spiro atoms. The lowest BCUT2D eigenvalue weighted by Crippen LogP contribution is -2.48. The minimum absolute atomic E-state index is 0.147. The normalized spacial score (nSPS) is 13.9. The van der Waals surface area contributed by atoms with Crippen LogP contribution in [0.5, 0.6) is 5.75 Å². The summed E-state index contributed by atoms with van der Waals surface area (Å²) in [5.41, 5.74) is 4.52. The maximum Gasteiger partial charge on any atom is 0.286 e. The first-order valence-electron chi connectivity index (χ1n) is 10.1. The predicted molar refractivity (Wildman–Crippen MR) is 119 cm³/mol. The van der Waals surface area contributed by atoms with E-state index in [2.05, 4.69) is 16.5 Å². The minimum atomic E-state index is -0.932. The summed E-state index contributed by atoms with van der Waals surface area (Å²) < 4.78 is 15.5. The molecule has 0 aliphatic carbocycles. The zero-order valence-electron chi connectivity index (χ0n) is 17.8. The molecule has 3 heterocycles. The van der Waals surface area contributed by atoms with Gasteiger partial charge in [-0.3, -0.25) is 19.0 Å². The van der Waals surface area contributed by atoms with Crippen molar-refractivity contribution in [1.82, 2.24) is 19.4 Å². The third kappa shape index (κ3) is 3.77. The van der Waals surface area contributed by atoms with Gasteiger partial charge in [0.2, 0.25) is 11.7 Å². The molecule has 33 heavy (non-hydrogen) atoms.